The summed E-state index contributed by atoms with van der Waals surface area (Å²) in [6.45, 7) is 6.33. The molecule has 1 aliphatic rings. The summed E-state index contributed by atoms with van der Waals surface area (Å²) in [4.78, 5) is 11.8. The number of aromatic nitrogens is 3. The molecule has 2 N–H and O–H groups in total. The first-order valence-electron chi connectivity index (χ1n) is 7.03. The number of nitrogens with one attached hydrogen (secondary N) is 2. The number of rotatable bonds is 4. The lowest BCUT2D eigenvalue weighted by molar-refractivity contribution is 0.328. The molecule has 19 heavy (non-hydrogen) atoms. The summed E-state index contributed by atoms with van der Waals surface area (Å²) in [5, 5.41) is 11.5. The standard InChI is InChI=1S/C13H24N4OS/c1-8(2)17-12(18)15-16-13(17)19-11-7-9(3)5-6-10(11)14-4/h8-11,14H,5-7H2,1-4H3,(H,15,18). The van der Waals surface area contributed by atoms with E-state index in [0.29, 0.717) is 11.3 Å². The lowest BCUT2D eigenvalue weighted by atomic mass is 9.87. The molecule has 0 aliphatic heterocycles. The molecule has 1 aliphatic carbocycles. The second-order valence-corrected chi connectivity index (χ2v) is 6.95. The summed E-state index contributed by atoms with van der Waals surface area (Å²) >= 11 is 1.73. The topological polar surface area (TPSA) is 62.7 Å². The first-order chi connectivity index (χ1) is 9.02. The fourth-order valence-electron chi connectivity index (χ4n) is 2.75. The molecule has 3 atom stereocenters. The summed E-state index contributed by atoms with van der Waals surface area (Å²) in [5.41, 5.74) is -0.109. The zero-order valence-corrected chi connectivity index (χ0v) is 13.0. The average Bonchev–Trinajstić information content (AvgIpc) is 2.71. The third-order valence-corrected chi connectivity index (χ3v) is 5.19. The number of H-pyrrole nitrogens is 1. The molecule has 0 spiro atoms. The van der Waals surface area contributed by atoms with Crippen LogP contribution in [-0.2, 0) is 0 Å². The third kappa shape index (κ3) is 3.23. The molecule has 3 unspecified atom stereocenters. The van der Waals surface area contributed by atoms with Crippen LogP contribution < -0.4 is 11.0 Å². The molecule has 1 fully saturated rings. The van der Waals surface area contributed by atoms with Crippen molar-refractivity contribution in [3.8, 4) is 0 Å². The maximum Gasteiger partial charge on any atom is 0.344 e. The van der Waals surface area contributed by atoms with Crippen LogP contribution >= 0.6 is 11.8 Å². The molecule has 0 saturated heterocycles. The Bertz CT molecular complexity index is 467. The van der Waals surface area contributed by atoms with Crippen LogP contribution in [0, 0.1) is 5.92 Å². The van der Waals surface area contributed by atoms with Crippen LogP contribution in [0.1, 0.15) is 46.1 Å². The smallest absolute Gasteiger partial charge is 0.316 e. The highest BCUT2D eigenvalue weighted by Gasteiger charge is 2.30. The molecule has 0 radical (unpaired) electrons. The Labute approximate surface area is 118 Å². The first kappa shape index (κ1) is 14.7. The van der Waals surface area contributed by atoms with Crippen molar-refractivity contribution >= 4 is 11.8 Å². The van der Waals surface area contributed by atoms with E-state index in [1.54, 1.807) is 16.3 Å². The van der Waals surface area contributed by atoms with E-state index in [0.717, 1.165) is 11.1 Å². The molecule has 0 amide bonds. The molecular formula is C13H24N4OS. The van der Waals surface area contributed by atoms with Crippen molar-refractivity contribution < 1.29 is 0 Å². The van der Waals surface area contributed by atoms with Gasteiger partial charge in [-0.3, -0.25) is 4.57 Å². The molecule has 6 heteroatoms. The number of hydrogen-bond acceptors (Lipinski definition) is 4. The fourth-order valence-corrected chi connectivity index (χ4v) is 4.39. The second kappa shape index (κ2) is 6.13. The summed E-state index contributed by atoms with van der Waals surface area (Å²) in [7, 11) is 2.02. The van der Waals surface area contributed by atoms with Crippen LogP contribution in [0.15, 0.2) is 9.95 Å². The molecule has 1 aromatic rings. The van der Waals surface area contributed by atoms with Gasteiger partial charge in [-0.25, -0.2) is 9.89 Å². The van der Waals surface area contributed by atoms with Crippen LogP contribution in [0.25, 0.3) is 0 Å². The molecule has 0 bridgehead atoms. The van der Waals surface area contributed by atoms with Crippen molar-refractivity contribution in [2.45, 2.75) is 62.5 Å². The normalized spacial score (nSPS) is 27.9. The van der Waals surface area contributed by atoms with Gasteiger partial charge >= 0.3 is 5.69 Å². The lowest BCUT2D eigenvalue weighted by Crippen LogP contribution is -2.40. The molecule has 2 rings (SSSR count). The average molecular weight is 284 g/mol. The van der Waals surface area contributed by atoms with E-state index < -0.39 is 0 Å². The van der Waals surface area contributed by atoms with Gasteiger partial charge in [0.2, 0.25) is 0 Å². The summed E-state index contributed by atoms with van der Waals surface area (Å²) in [5.74, 6) is 0.750. The molecule has 0 aromatic carbocycles. The van der Waals surface area contributed by atoms with Crippen molar-refractivity contribution in [1.29, 1.82) is 0 Å². The van der Waals surface area contributed by atoms with Crippen molar-refractivity contribution in [3.05, 3.63) is 10.5 Å². The Morgan fingerprint density at radius 1 is 1.47 bits per heavy atom. The van der Waals surface area contributed by atoms with Crippen LogP contribution in [-0.4, -0.2) is 33.1 Å². The fraction of sp³-hybridized carbons (Fsp3) is 0.846. The number of aromatic amines is 1. The highest BCUT2D eigenvalue weighted by Crippen LogP contribution is 2.35. The minimum absolute atomic E-state index is 0.109. The van der Waals surface area contributed by atoms with E-state index >= 15 is 0 Å². The van der Waals surface area contributed by atoms with E-state index in [9.17, 15) is 4.79 Å². The van der Waals surface area contributed by atoms with Crippen LogP contribution in [0.4, 0.5) is 0 Å². The number of nitrogens with zero attached hydrogens (tertiary/aromatic N) is 2. The van der Waals surface area contributed by atoms with Crippen LogP contribution in [0.5, 0.6) is 0 Å². The Balaban J connectivity index is 2.17. The first-order valence-corrected chi connectivity index (χ1v) is 7.91. The van der Waals surface area contributed by atoms with Crippen molar-refractivity contribution in [1.82, 2.24) is 20.1 Å². The highest BCUT2D eigenvalue weighted by molar-refractivity contribution is 7.99. The van der Waals surface area contributed by atoms with Gasteiger partial charge in [0.15, 0.2) is 5.16 Å². The molecule has 1 saturated carbocycles. The second-order valence-electron chi connectivity index (χ2n) is 5.74. The Morgan fingerprint density at radius 2 is 2.21 bits per heavy atom. The van der Waals surface area contributed by atoms with Gasteiger partial charge in [0.05, 0.1) is 0 Å². The van der Waals surface area contributed by atoms with Gasteiger partial charge in [0, 0.05) is 17.3 Å². The quantitative estimate of drug-likeness (QED) is 0.888. The largest absolute Gasteiger partial charge is 0.344 e. The van der Waals surface area contributed by atoms with Crippen molar-refractivity contribution in [3.63, 3.8) is 0 Å². The van der Waals surface area contributed by atoms with E-state index in [2.05, 4.69) is 22.4 Å². The summed E-state index contributed by atoms with van der Waals surface area (Å²) in [6, 6.07) is 0.649. The van der Waals surface area contributed by atoms with Gasteiger partial charge in [-0.2, -0.15) is 0 Å². The SMILES string of the molecule is CNC1CCC(C)CC1Sc1n[nH]c(=O)n1C(C)C. The highest BCUT2D eigenvalue weighted by atomic mass is 32.2. The zero-order chi connectivity index (χ0) is 14.0. The van der Waals surface area contributed by atoms with Gasteiger partial charge in [-0.15, -0.1) is 5.10 Å². The molecule has 5 nitrogen and oxygen atoms in total. The monoisotopic (exact) mass is 284 g/mol. The predicted octanol–water partition coefficient (Wildman–Crippen LogP) is 2.02. The van der Waals surface area contributed by atoms with Gasteiger partial charge in [-0.05, 0) is 46.1 Å². The van der Waals surface area contributed by atoms with Crippen LogP contribution in [0.3, 0.4) is 0 Å². The summed E-state index contributed by atoms with van der Waals surface area (Å²) < 4.78 is 1.75. The third-order valence-electron chi connectivity index (χ3n) is 3.87. The zero-order valence-electron chi connectivity index (χ0n) is 12.1. The maximum absolute atomic E-state index is 11.8. The Hall–Kier alpha value is -0.750. The van der Waals surface area contributed by atoms with Crippen LogP contribution in [0.2, 0.25) is 0 Å². The minimum Gasteiger partial charge on any atom is -0.316 e. The Kier molecular flexibility index (Phi) is 4.73. The van der Waals surface area contributed by atoms with Gasteiger partial charge in [-0.1, -0.05) is 18.7 Å². The van der Waals surface area contributed by atoms with E-state index in [4.69, 9.17) is 0 Å². The number of hydrogen-bond donors (Lipinski definition) is 2. The van der Waals surface area contributed by atoms with Gasteiger partial charge < -0.3 is 5.32 Å². The molecule has 108 valence electrons. The summed E-state index contributed by atoms with van der Waals surface area (Å²) in [6.07, 6.45) is 3.65. The van der Waals surface area contributed by atoms with E-state index in [-0.39, 0.29) is 11.7 Å². The lowest BCUT2D eigenvalue weighted by Gasteiger charge is -2.34. The molecular weight excluding hydrogens is 260 g/mol. The number of thioether (sulfide) groups is 1. The van der Waals surface area contributed by atoms with E-state index in [1.165, 1.54) is 19.3 Å². The molecule has 1 aromatic heterocycles. The van der Waals surface area contributed by atoms with Crippen molar-refractivity contribution in [2.75, 3.05) is 7.05 Å². The predicted molar refractivity (Wildman–Crippen MR) is 78.7 cm³/mol. The molecule has 1 heterocycles. The van der Waals surface area contributed by atoms with E-state index in [1.807, 2.05) is 20.9 Å². The van der Waals surface area contributed by atoms with Gasteiger partial charge in [0.1, 0.15) is 0 Å². The maximum atomic E-state index is 11.8. The minimum atomic E-state index is -0.109. The Morgan fingerprint density at radius 3 is 2.84 bits per heavy atom. The van der Waals surface area contributed by atoms with Crippen molar-refractivity contribution in [2.24, 2.45) is 5.92 Å². The van der Waals surface area contributed by atoms with Gasteiger partial charge in [0.25, 0.3) is 0 Å².